The molecule has 1 aromatic carbocycles. The Hall–Kier alpha value is -1.07. The Morgan fingerprint density at radius 3 is 2.40 bits per heavy atom. The van der Waals surface area contributed by atoms with E-state index < -0.39 is 10.0 Å². The Morgan fingerprint density at radius 1 is 1.13 bits per heavy atom. The van der Waals surface area contributed by atoms with E-state index in [1.165, 1.54) is 0 Å². The van der Waals surface area contributed by atoms with Gasteiger partial charge < -0.3 is 4.74 Å². The number of rotatable bonds is 6. The van der Waals surface area contributed by atoms with Gasteiger partial charge in [-0.25, -0.2) is 13.6 Å². The fourth-order valence-corrected chi connectivity index (χ4v) is 1.72. The number of ether oxygens (including phenoxy) is 1. The largest absolute Gasteiger partial charge is 0.494 e. The minimum absolute atomic E-state index is 0.0190. The van der Waals surface area contributed by atoms with Gasteiger partial charge in [0.05, 0.1) is 12.4 Å². The van der Waals surface area contributed by atoms with E-state index in [9.17, 15) is 8.42 Å². The molecule has 84 valence electrons. The smallest absolute Gasteiger partial charge is 0.209 e. The number of hydrogen-bond donors (Lipinski definition) is 1. The van der Waals surface area contributed by atoms with Gasteiger partial charge in [-0.1, -0.05) is 18.2 Å². The van der Waals surface area contributed by atoms with Crippen LogP contribution in [0.5, 0.6) is 5.75 Å². The summed E-state index contributed by atoms with van der Waals surface area (Å²) in [5, 5.41) is 4.86. The van der Waals surface area contributed by atoms with Gasteiger partial charge in [-0.3, -0.25) is 0 Å². The van der Waals surface area contributed by atoms with Crippen molar-refractivity contribution in [3.05, 3.63) is 30.3 Å². The minimum atomic E-state index is -3.32. The highest BCUT2D eigenvalue weighted by atomic mass is 32.2. The minimum Gasteiger partial charge on any atom is -0.494 e. The summed E-state index contributed by atoms with van der Waals surface area (Å²) in [6, 6.07) is 9.41. The van der Waals surface area contributed by atoms with Gasteiger partial charge in [-0.15, -0.1) is 0 Å². The topological polar surface area (TPSA) is 69.4 Å². The van der Waals surface area contributed by atoms with Gasteiger partial charge in [0.2, 0.25) is 10.0 Å². The van der Waals surface area contributed by atoms with E-state index >= 15 is 0 Å². The summed E-state index contributed by atoms with van der Waals surface area (Å²) in [4.78, 5) is 0. The second-order valence-corrected chi connectivity index (χ2v) is 4.97. The molecule has 1 rings (SSSR count). The van der Waals surface area contributed by atoms with Crippen LogP contribution >= 0.6 is 0 Å². The lowest BCUT2D eigenvalue weighted by atomic mass is 10.3. The van der Waals surface area contributed by atoms with Crippen molar-refractivity contribution in [3.8, 4) is 5.75 Å². The molecule has 0 bridgehead atoms. The molecule has 0 amide bonds. The molecule has 0 aliphatic carbocycles. The number of para-hydroxylation sites is 1. The SMILES string of the molecule is NS(=O)(=O)CCCCOc1ccccc1. The fourth-order valence-electron chi connectivity index (χ4n) is 1.11. The molecule has 0 unspecified atom stereocenters. The molecule has 0 spiro atoms. The standard InChI is InChI=1S/C10H15NO3S/c11-15(12,13)9-5-4-8-14-10-6-2-1-3-7-10/h1-3,6-7H,4-5,8-9H2,(H2,11,12,13). The highest BCUT2D eigenvalue weighted by Gasteiger charge is 2.01. The lowest BCUT2D eigenvalue weighted by molar-refractivity contribution is 0.309. The number of sulfonamides is 1. The predicted molar refractivity (Wildman–Crippen MR) is 59.1 cm³/mol. The zero-order valence-corrected chi connectivity index (χ0v) is 9.24. The van der Waals surface area contributed by atoms with Crippen LogP contribution in [0.1, 0.15) is 12.8 Å². The summed E-state index contributed by atoms with van der Waals surface area (Å²) < 4.78 is 26.6. The molecule has 0 aliphatic rings. The van der Waals surface area contributed by atoms with E-state index in [0.717, 1.165) is 5.75 Å². The van der Waals surface area contributed by atoms with E-state index in [0.29, 0.717) is 19.4 Å². The van der Waals surface area contributed by atoms with Crippen molar-refractivity contribution in [2.75, 3.05) is 12.4 Å². The molecular weight excluding hydrogens is 214 g/mol. The Morgan fingerprint density at radius 2 is 1.80 bits per heavy atom. The first-order chi connectivity index (χ1) is 7.08. The normalized spacial score (nSPS) is 11.3. The average Bonchev–Trinajstić information content (AvgIpc) is 2.17. The van der Waals surface area contributed by atoms with Crippen LogP contribution in [-0.4, -0.2) is 20.8 Å². The molecule has 0 aliphatic heterocycles. The van der Waals surface area contributed by atoms with E-state index in [4.69, 9.17) is 9.88 Å². The van der Waals surface area contributed by atoms with Crippen LogP contribution in [0.15, 0.2) is 30.3 Å². The van der Waals surface area contributed by atoms with E-state index in [-0.39, 0.29) is 5.75 Å². The molecule has 2 N–H and O–H groups in total. The second kappa shape index (κ2) is 5.72. The monoisotopic (exact) mass is 229 g/mol. The molecule has 0 fully saturated rings. The van der Waals surface area contributed by atoms with E-state index in [2.05, 4.69) is 0 Å². The van der Waals surface area contributed by atoms with Gasteiger partial charge in [-0.2, -0.15) is 0 Å². The van der Waals surface area contributed by atoms with Gasteiger partial charge in [0.1, 0.15) is 5.75 Å². The van der Waals surface area contributed by atoms with Crippen molar-refractivity contribution in [2.24, 2.45) is 5.14 Å². The van der Waals surface area contributed by atoms with Gasteiger partial charge in [-0.05, 0) is 25.0 Å². The molecule has 0 aromatic heterocycles. The van der Waals surface area contributed by atoms with Gasteiger partial charge in [0.15, 0.2) is 0 Å². The molecule has 5 heteroatoms. The van der Waals surface area contributed by atoms with Crippen LogP contribution in [0.3, 0.4) is 0 Å². The number of benzene rings is 1. The van der Waals surface area contributed by atoms with Gasteiger partial charge >= 0.3 is 0 Å². The van der Waals surface area contributed by atoms with Crippen LogP contribution < -0.4 is 9.88 Å². The number of primary sulfonamides is 1. The van der Waals surface area contributed by atoms with Crippen LogP contribution in [0.4, 0.5) is 0 Å². The Labute approximate surface area is 90.1 Å². The zero-order chi connectivity index (χ0) is 11.1. The molecule has 4 nitrogen and oxygen atoms in total. The van der Waals surface area contributed by atoms with Crippen molar-refractivity contribution in [1.82, 2.24) is 0 Å². The summed E-state index contributed by atoms with van der Waals surface area (Å²) in [6.45, 7) is 0.513. The molecule has 0 saturated carbocycles. The molecule has 0 heterocycles. The Kier molecular flexibility index (Phi) is 4.58. The zero-order valence-electron chi connectivity index (χ0n) is 8.43. The molecule has 15 heavy (non-hydrogen) atoms. The maximum Gasteiger partial charge on any atom is 0.209 e. The van der Waals surface area contributed by atoms with Crippen molar-refractivity contribution in [3.63, 3.8) is 0 Å². The van der Waals surface area contributed by atoms with Crippen LogP contribution in [-0.2, 0) is 10.0 Å². The highest BCUT2D eigenvalue weighted by molar-refractivity contribution is 7.89. The predicted octanol–water partition coefficient (Wildman–Crippen LogP) is 1.13. The molecule has 0 saturated heterocycles. The third kappa shape index (κ3) is 6.09. The first kappa shape index (κ1) is 12.0. The van der Waals surface area contributed by atoms with E-state index in [1.807, 2.05) is 30.3 Å². The second-order valence-electron chi connectivity index (χ2n) is 3.24. The average molecular weight is 229 g/mol. The molecule has 1 aromatic rings. The van der Waals surface area contributed by atoms with Crippen molar-refractivity contribution >= 4 is 10.0 Å². The summed E-state index contributed by atoms with van der Waals surface area (Å²) >= 11 is 0. The first-order valence-electron chi connectivity index (χ1n) is 4.76. The maximum atomic E-state index is 10.6. The third-order valence-electron chi connectivity index (χ3n) is 1.84. The maximum absolute atomic E-state index is 10.6. The molecule has 0 atom stereocenters. The number of unbranched alkanes of at least 4 members (excludes halogenated alkanes) is 1. The highest BCUT2D eigenvalue weighted by Crippen LogP contribution is 2.08. The number of nitrogens with two attached hydrogens (primary N) is 1. The van der Waals surface area contributed by atoms with Crippen LogP contribution in [0, 0.1) is 0 Å². The summed E-state index contributed by atoms with van der Waals surface area (Å²) in [6.07, 6.45) is 1.22. The summed E-state index contributed by atoms with van der Waals surface area (Å²) in [5.41, 5.74) is 0. The van der Waals surface area contributed by atoms with E-state index in [1.54, 1.807) is 0 Å². The van der Waals surface area contributed by atoms with Crippen LogP contribution in [0.2, 0.25) is 0 Å². The van der Waals surface area contributed by atoms with Gasteiger partial charge in [0.25, 0.3) is 0 Å². The van der Waals surface area contributed by atoms with Crippen molar-refractivity contribution < 1.29 is 13.2 Å². The molecular formula is C10H15NO3S. The fraction of sp³-hybridized carbons (Fsp3) is 0.400. The third-order valence-corrected chi connectivity index (χ3v) is 2.69. The molecule has 0 radical (unpaired) electrons. The summed E-state index contributed by atoms with van der Waals surface area (Å²) in [5.74, 6) is 0.818. The Bertz CT molecular complexity index is 375. The Balaban J connectivity index is 2.13. The first-order valence-corrected chi connectivity index (χ1v) is 6.48. The van der Waals surface area contributed by atoms with Crippen LogP contribution in [0.25, 0.3) is 0 Å². The van der Waals surface area contributed by atoms with Crippen molar-refractivity contribution in [1.29, 1.82) is 0 Å². The number of hydrogen-bond acceptors (Lipinski definition) is 3. The summed E-state index contributed by atoms with van der Waals surface area (Å²) in [7, 11) is -3.32. The van der Waals surface area contributed by atoms with Gasteiger partial charge in [0, 0.05) is 0 Å². The quantitative estimate of drug-likeness (QED) is 0.743. The lowest BCUT2D eigenvalue weighted by Gasteiger charge is -2.04. The lowest BCUT2D eigenvalue weighted by Crippen LogP contribution is -2.16. The van der Waals surface area contributed by atoms with Crippen molar-refractivity contribution in [2.45, 2.75) is 12.8 Å².